The van der Waals surface area contributed by atoms with Gasteiger partial charge in [0, 0.05) is 6.20 Å². The Morgan fingerprint density at radius 3 is 2.69 bits per heavy atom. The second-order valence-corrected chi connectivity index (χ2v) is 3.94. The Morgan fingerprint density at radius 1 is 1.50 bits per heavy atom. The number of alkyl halides is 4. The molecule has 1 heterocycles. The zero-order valence-electron chi connectivity index (χ0n) is 7.52. The molecule has 0 saturated heterocycles. The average molecular weight is 322 g/mol. The van der Waals surface area contributed by atoms with Gasteiger partial charge in [-0.15, -0.1) is 0 Å². The Hall–Kier alpha value is -0.630. The fraction of sp³-hybridized carbons (Fsp3) is 0.429. The summed E-state index contributed by atoms with van der Waals surface area (Å²) >= 11 is 8.37. The summed E-state index contributed by atoms with van der Waals surface area (Å²) in [6.45, 7) is -1.24. The van der Waals surface area contributed by atoms with Gasteiger partial charge in [-0.2, -0.15) is 13.8 Å². The molecule has 0 saturated carbocycles. The molecule has 1 N–H and O–H groups in total. The lowest BCUT2D eigenvalue weighted by Gasteiger charge is -2.16. The molecule has 1 aromatic heterocycles. The van der Waals surface area contributed by atoms with E-state index in [9.17, 15) is 17.6 Å². The predicted octanol–water partition coefficient (Wildman–Crippen LogP) is 3.20. The molecule has 1 rings (SSSR count). The van der Waals surface area contributed by atoms with Crippen LogP contribution in [0.3, 0.4) is 0 Å². The van der Waals surface area contributed by atoms with E-state index in [1.165, 1.54) is 6.20 Å². The van der Waals surface area contributed by atoms with Crippen molar-refractivity contribution in [1.29, 1.82) is 0 Å². The number of aromatic nitrogens is 2. The summed E-state index contributed by atoms with van der Waals surface area (Å²) in [7, 11) is 0. The van der Waals surface area contributed by atoms with E-state index in [2.05, 4.69) is 31.2 Å². The largest absolute Gasteiger partial charge is 0.363 e. The second-order valence-electron chi connectivity index (χ2n) is 2.75. The minimum absolute atomic E-state index is 0.0691. The van der Waals surface area contributed by atoms with Crippen molar-refractivity contribution in [3.8, 4) is 0 Å². The summed E-state index contributed by atoms with van der Waals surface area (Å²) < 4.78 is 49.0. The molecule has 1 aromatic rings. The van der Waals surface area contributed by atoms with E-state index in [4.69, 9.17) is 11.6 Å². The van der Waals surface area contributed by atoms with Crippen LogP contribution in [0.15, 0.2) is 10.7 Å². The van der Waals surface area contributed by atoms with E-state index >= 15 is 0 Å². The van der Waals surface area contributed by atoms with Crippen LogP contribution >= 0.6 is 27.5 Å². The maximum absolute atomic E-state index is 12.6. The summed E-state index contributed by atoms with van der Waals surface area (Å²) in [5.74, 6) is -4.20. The highest BCUT2D eigenvalue weighted by molar-refractivity contribution is 9.10. The van der Waals surface area contributed by atoms with Gasteiger partial charge < -0.3 is 5.32 Å². The van der Waals surface area contributed by atoms with Crippen molar-refractivity contribution in [2.75, 3.05) is 11.9 Å². The maximum atomic E-state index is 12.6. The molecule has 90 valence electrons. The first-order valence-corrected chi connectivity index (χ1v) is 5.08. The molecule has 0 spiro atoms. The number of halogens is 6. The molecule has 0 fully saturated rings. The Labute approximate surface area is 101 Å². The van der Waals surface area contributed by atoms with E-state index in [1.54, 1.807) is 0 Å². The normalized spacial score (nSPS) is 11.9. The van der Waals surface area contributed by atoms with Crippen molar-refractivity contribution < 1.29 is 17.6 Å². The summed E-state index contributed by atoms with van der Waals surface area (Å²) in [6, 6.07) is 0. The first-order chi connectivity index (χ1) is 7.33. The highest BCUT2D eigenvalue weighted by Gasteiger charge is 2.40. The first kappa shape index (κ1) is 13.4. The van der Waals surface area contributed by atoms with Gasteiger partial charge in [-0.1, -0.05) is 0 Å². The third kappa shape index (κ3) is 3.44. The number of hydrogen-bond donors (Lipinski definition) is 1. The molecule has 0 amide bonds. The van der Waals surface area contributed by atoms with Crippen LogP contribution in [-0.2, 0) is 0 Å². The van der Waals surface area contributed by atoms with Crippen molar-refractivity contribution in [2.24, 2.45) is 0 Å². The van der Waals surface area contributed by atoms with E-state index in [-0.39, 0.29) is 15.6 Å². The zero-order valence-corrected chi connectivity index (χ0v) is 9.87. The van der Waals surface area contributed by atoms with Crippen LogP contribution in [0.1, 0.15) is 0 Å². The Balaban J connectivity index is 2.71. The third-order valence-electron chi connectivity index (χ3n) is 1.53. The standard InChI is InChI=1S/C7H5BrClF4N3/c8-3-1-14-6(9)16-4(3)15-2-7(12,13)5(10)11/h1,5H,2H2,(H,14,15,16). The molecule has 0 unspecified atom stereocenters. The van der Waals surface area contributed by atoms with Crippen LogP contribution in [0.4, 0.5) is 23.4 Å². The lowest BCUT2D eigenvalue weighted by atomic mass is 10.3. The molecular formula is C7H5BrClF4N3. The quantitative estimate of drug-likeness (QED) is 0.683. The Bertz CT molecular complexity index is 377. The SMILES string of the molecule is FC(F)C(F)(F)CNc1nc(Cl)ncc1Br. The van der Waals surface area contributed by atoms with Crippen LogP contribution in [-0.4, -0.2) is 28.9 Å². The smallest absolute Gasteiger partial charge is 0.324 e. The zero-order chi connectivity index (χ0) is 12.3. The van der Waals surface area contributed by atoms with Crippen molar-refractivity contribution in [3.05, 3.63) is 16.0 Å². The lowest BCUT2D eigenvalue weighted by Crippen LogP contribution is -2.35. The molecule has 0 bridgehead atoms. The van der Waals surface area contributed by atoms with E-state index in [1.807, 2.05) is 0 Å². The molecule has 0 aliphatic carbocycles. The molecule has 0 atom stereocenters. The summed E-state index contributed by atoms with van der Waals surface area (Å²) in [6.07, 6.45) is -2.52. The molecule has 0 radical (unpaired) electrons. The topological polar surface area (TPSA) is 37.8 Å². The van der Waals surface area contributed by atoms with Gasteiger partial charge in [0.1, 0.15) is 5.82 Å². The minimum atomic E-state index is -4.13. The minimum Gasteiger partial charge on any atom is -0.363 e. The predicted molar refractivity (Wildman–Crippen MR) is 54.2 cm³/mol. The highest BCUT2D eigenvalue weighted by atomic mass is 79.9. The van der Waals surface area contributed by atoms with Crippen LogP contribution in [0.5, 0.6) is 0 Å². The molecular weight excluding hydrogens is 317 g/mol. The van der Waals surface area contributed by atoms with Crippen molar-refractivity contribution in [1.82, 2.24) is 9.97 Å². The summed E-state index contributed by atoms with van der Waals surface area (Å²) in [5.41, 5.74) is 0. The fourth-order valence-corrected chi connectivity index (χ4v) is 1.21. The molecule has 0 aliphatic heterocycles. The molecule has 0 aromatic carbocycles. The molecule has 9 heteroatoms. The second kappa shape index (κ2) is 5.13. The van der Waals surface area contributed by atoms with Crippen molar-refractivity contribution in [3.63, 3.8) is 0 Å². The van der Waals surface area contributed by atoms with E-state index < -0.39 is 18.9 Å². The fourth-order valence-electron chi connectivity index (χ4n) is 0.748. The lowest BCUT2D eigenvalue weighted by molar-refractivity contribution is -0.117. The highest BCUT2D eigenvalue weighted by Crippen LogP contribution is 2.25. The molecule has 16 heavy (non-hydrogen) atoms. The number of rotatable bonds is 4. The molecule has 3 nitrogen and oxygen atoms in total. The van der Waals surface area contributed by atoms with Gasteiger partial charge >= 0.3 is 12.3 Å². The number of hydrogen-bond acceptors (Lipinski definition) is 3. The van der Waals surface area contributed by atoms with Gasteiger partial charge in [0.05, 0.1) is 11.0 Å². The first-order valence-electron chi connectivity index (χ1n) is 3.91. The van der Waals surface area contributed by atoms with Gasteiger partial charge in [-0.05, 0) is 27.5 Å². The average Bonchev–Trinajstić information content (AvgIpc) is 2.19. The Kier molecular flexibility index (Phi) is 4.31. The molecule has 0 aliphatic rings. The van der Waals surface area contributed by atoms with Crippen LogP contribution in [0.25, 0.3) is 0 Å². The van der Waals surface area contributed by atoms with Gasteiger partial charge in [0.25, 0.3) is 0 Å². The van der Waals surface area contributed by atoms with E-state index in [0.29, 0.717) is 0 Å². The number of nitrogens with zero attached hydrogens (tertiary/aromatic N) is 2. The van der Waals surface area contributed by atoms with Gasteiger partial charge in [-0.25, -0.2) is 13.8 Å². The summed E-state index contributed by atoms with van der Waals surface area (Å²) in [4.78, 5) is 7.10. The Morgan fingerprint density at radius 2 is 2.12 bits per heavy atom. The van der Waals surface area contributed by atoms with Gasteiger partial charge in [-0.3, -0.25) is 0 Å². The maximum Gasteiger partial charge on any atom is 0.324 e. The third-order valence-corrected chi connectivity index (χ3v) is 2.29. The van der Waals surface area contributed by atoms with E-state index in [0.717, 1.165) is 0 Å². The number of anilines is 1. The monoisotopic (exact) mass is 321 g/mol. The number of nitrogens with one attached hydrogen (secondary N) is 1. The van der Waals surface area contributed by atoms with Crippen LogP contribution in [0, 0.1) is 0 Å². The van der Waals surface area contributed by atoms with Gasteiger partial charge in [0.15, 0.2) is 0 Å². The van der Waals surface area contributed by atoms with Gasteiger partial charge in [0.2, 0.25) is 5.28 Å². The van der Waals surface area contributed by atoms with Crippen LogP contribution in [0.2, 0.25) is 5.28 Å². The van der Waals surface area contributed by atoms with Crippen molar-refractivity contribution >= 4 is 33.3 Å². The summed E-state index contributed by atoms with van der Waals surface area (Å²) in [5, 5.41) is 1.89. The van der Waals surface area contributed by atoms with Crippen LogP contribution < -0.4 is 5.32 Å². The van der Waals surface area contributed by atoms with Crippen molar-refractivity contribution in [2.45, 2.75) is 12.3 Å².